The van der Waals surface area contributed by atoms with Crippen molar-refractivity contribution in [2.24, 2.45) is 0 Å². The molecule has 3 amide bonds. The lowest BCUT2D eigenvalue weighted by Gasteiger charge is -2.17. The number of benzene rings is 2. The summed E-state index contributed by atoms with van der Waals surface area (Å²) in [5.41, 5.74) is 0.125. The van der Waals surface area contributed by atoms with Gasteiger partial charge in [0.1, 0.15) is 5.69 Å². The summed E-state index contributed by atoms with van der Waals surface area (Å²) >= 11 is 0. The summed E-state index contributed by atoms with van der Waals surface area (Å²) < 4.78 is 5.26. The normalized spacial score (nSPS) is 11.1. The Bertz CT molecular complexity index is 900. The van der Waals surface area contributed by atoms with Gasteiger partial charge in [-0.15, -0.1) is 0 Å². The monoisotopic (exact) mass is 386 g/mol. The van der Waals surface area contributed by atoms with E-state index >= 15 is 0 Å². The molecule has 28 heavy (non-hydrogen) atoms. The molecule has 0 fully saturated rings. The number of nitrogens with zero attached hydrogens (tertiary/aromatic N) is 1. The third-order valence-electron chi connectivity index (χ3n) is 3.73. The molecule has 2 rings (SSSR count). The van der Waals surface area contributed by atoms with Gasteiger partial charge in [-0.2, -0.15) is 0 Å². The quantitative estimate of drug-likeness (QED) is 0.392. The minimum atomic E-state index is -1.42. The van der Waals surface area contributed by atoms with Gasteiger partial charge in [-0.3, -0.25) is 20.2 Å². The van der Waals surface area contributed by atoms with Gasteiger partial charge in [0, 0.05) is 25.7 Å². The van der Waals surface area contributed by atoms with Crippen LogP contribution in [-0.2, 0) is 9.53 Å². The second-order valence-electron chi connectivity index (χ2n) is 5.50. The van der Waals surface area contributed by atoms with Crippen molar-refractivity contribution < 1.29 is 24.0 Å². The van der Waals surface area contributed by atoms with E-state index in [2.05, 4.69) is 10.6 Å². The third-order valence-corrected chi connectivity index (χ3v) is 3.73. The Balaban J connectivity index is 2.32. The molecule has 2 aromatic rings. The van der Waals surface area contributed by atoms with Crippen LogP contribution in [0.2, 0.25) is 0 Å². The van der Waals surface area contributed by atoms with Crippen LogP contribution in [0.1, 0.15) is 22.0 Å². The number of nitro groups is 1. The lowest BCUT2D eigenvalue weighted by Crippen LogP contribution is -2.41. The van der Waals surface area contributed by atoms with E-state index in [0.717, 1.165) is 6.07 Å². The lowest BCUT2D eigenvalue weighted by molar-refractivity contribution is -0.384. The number of nitro benzene ring substituents is 1. The maximum atomic E-state index is 12.5. The number of amides is 3. The lowest BCUT2D eigenvalue weighted by atomic mass is 10.1. The van der Waals surface area contributed by atoms with Gasteiger partial charge in [0.15, 0.2) is 0 Å². The van der Waals surface area contributed by atoms with E-state index in [1.54, 1.807) is 30.3 Å². The molecule has 0 bridgehead atoms. The highest BCUT2D eigenvalue weighted by molar-refractivity contribution is 5.99. The summed E-state index contributed by atoms with van der Waals surface area (Å²) in [6, 6.07) is 11.0. The topological polar surface area (TPSA) is 140 Å². The second kappa shape index (κ2) is 9.12. The number of esters is 1. The number of carbonyl (C=O) groups excluding carboxylic acids is 3. The number of ether oxygens (including phenoxy) is 1. The third kappa shape index (κ3) is 4.81. The van der Waals surface area contributed by atoms with E-state index in [0.29, 0.717) is 5.56 Å². The van der Waals surface area contributed by atoms with Gasteiger partial charge in [-0.05, 0) is 12.1 Å². The maximum Gasteiger partial charge on any atom is 0.339 e. The number of urea groups is 1. The first-order chi connectivity index (χ1) is 13.4. The largest absolute Gasteiger partial charge is 0.444 e. The van der Waals surface area contributed by atoms with Gasteiger partial charge < -0.3 is 15.4 Å². The molecular formula is C18H18N4O6. The van der Waals surface area contributed by atoms with Crippen molar-refractivity contribution in [3.8, 4) is 0 Å². The Morgan fingerprint density at radius 2 is 1.75 bits per heavy atom. The van der Waals surface area contributed by atoms with Gasteiger partial charge in [0.25, 0.3) is 11.6 Å². The first kappa shape index (κ1) is 20.4. The number of hydrogen-bond donors (Lipinski definition) is 3. The van der Waals surface area contributed by atoms with Crippen molar-refractivity contribution in [1.29, 1.82) is 0 Å². The molecule has 1 atom stereocenters. The Morgan fingerprint density at radius 3 is 2.32 bits per heavy atom. The number of hydrogen-bond acceptors (Lipinski definition) is 7. The van der Waals surface area contributed by atoms with Gasteiger partial charge in [0.05, 0.1) is 10.5 Å². The number of carbonyl (C=O) groups is 3. The number of imide groups is 1. The average Bonchev–Trinajstić information content (AvgIpc) is 2.71. The molecule has 0 radical (unpaired) electrons. The van der Waals surface area contributed by atoms with Crippen LogP contribution in [0.3, 0.4) is 0 Å². The molecule has 0 heterocycles. The van der Waals surface area contributed by atoms with Crippen molar-refractivity contribution in [1.82, 2.24) is 10.6 Å². The molecule has 0 aromatic heterocycles. The molecule has 0 aliphatic heterocycles. The fourth-order valence-electron chi connectivity index (χ4n) is 2.34. The highest BCUT2D eigenvalue weighted by Gasteiger charge is 2.28. The van der Waals surface area contributed by atoms with Gasteiger partial charge >= 0.3 is 12.0 Å². The van der Waals surface area contributed by atoms with Crippen molar-refractivity contribution in [2.75, 3.05) is 19.4 Å². The second-order valence-corrected chi connectivity index (χ2v) is 5.50. The Kier molecular flexibility index (Phi) is 6.63. The fraction of sp³-hybridized carbons (Fsp3) is 0.167. The van der Waals surface area contributed by atoms with Crippen LogP contribution in [-0.4, -0.2) is 36.9 Å². The zero-order valence-electron chi connectivity index (χ0n) is 15.1. The molecule has 0 aliphatic rings. The summed E-state index contributed by atoms with van der Waals surface area (Å²) in [6.45, 7) is 0. The summed E-state index contributed by atoms with van der Waals surface area (Å²) in [6.07, 6.45) is -1.42. The molecule has 0 aliphatic carbocycles. The van der Waals surface area contributed by atoms with E-state index < -0.39 is 28.9 Å². The van der Waals surface area contributed by atoms with Crippen molar-refractivity contribution in [2.45, 2.75) is 6.10 Å². The van der Waals surface area contributed by atoms with Crippen molar-refractivity contribution in [3.05, 3.63) is 69.8 Å². The number of rotatable bonds is 6. The van der Waals surface area contributed by atoms with E-state index in [1.165, 1.54) is 26.2 Å². The highest BCUT2D eigenvalue weighted by atomic mass is 16.6. The Morgan fingerprint density at radius 1 is 1.07 bits per heavy atom. The maximum absolute atomic E-state index is 12.5. The van der Waals surface area contributed by atoms with Crippen LogP contribution in [0.15, 0.2) is 48.5 Å². The minimum Gasteiger partial charge on any atom is -0.444 e. The van der Waals surface area contributed by atoms with E-state index in [9.17, 15) is 24.5 Å². The Labute approximate surface area is 160 Å². The van der Waals surface area contributed by atoms with E-state index in [1.807, 2.05) is 5.32 Å². The predicted octanol–water partition coefficient (Wildman–Crippen LogP) is 1.99. The van der Waals surface area contributed by atoms with Crippen molar-refractivity contribution in [3.63, 3.8) is 0 Å². The molecular weight excluding hydrogens is 368 g/mol. The molecule has 0 saturated carbocycles. The van der Waals surface area contributed by atoms with Crippen LogP contribution in [0, 0.1) is 10.1 Å². The Hall–Kier alpha value is -3.95. The van der Waals surface area contributed by atoms with E-state index in [-0.39, 0.29) is 16.9 Å². The van der Waals surface area contributed by atoms with Gasteiger partial charge in [-0.1, -0.05) is 30.3 Å². The van der Waals surface area contributed by atoms with Crippen LogP contribution >= 0.6 is 0 Å². The number of nitrogens with one attached hydrogen (secondary N) is 3. The standard InChI is InChI=1S/C18H18N4O6/c1-19-13-9-8-12(10-14(13)22(26)27)17(24)28-15(11-6-4-3-5-7-11)16(23)21-18(25)20-2/h3-10,15,19H,1-2H3,(H2,20,21,23,25)/t15-/m1/s1. The average molecular weight is 386 g/mol. The summed E-state index contributed by atoms with van der Waals surface area (Å²) in [5.74, 6) is -1.81. The van der Waals surface area contributed by atoms with Crippen LogP contribution in [0.25, 0.3) is 0 Å². The summed E-state index contributed by atoms with van der Waals surface area (Å²) in [7, 11) is 2.84. The molecule has 0 saturated heterocycles. The van der Waals surface area contributed by atoms with Crippen LogP contribution < -0.4 is 16.0 Å². The van der Waals surface area contributed by atoms with Crippen LogP contribution in [0.4, 0.5) is 16.2 Å². The highest BCUT2D eigenvalue weighted by Crippen LogP contribution is 2.27. The SMILES string of the molecule is CNC(=O)NC(=O)[C@H](OC(=O)c1ccc(NC)c([N+](=O)[O-])c1)c1ccccc1. The summed E-state index contributed by atoms with van der Waals surface area (Å²) in [4.78, 5) is 46.9. The van der Waals surface area contributed by atoms with Crippen molar-refractivity contribution >= 4 is 29.3 Å². The fourth-order valence-corrected chi connectivity index (χ4v) is 2.34. The predicted molar refractivity (Wildman–Crippen MR) is 99.8 cm³/mol. The first-order valence-corrected chi connectivity index (χ1v) is 8.12. The molecule has 3 N–H and O–H groups in total. The molecule has 0 unspecified atom stereocenters. The molecule has 2 aromatic carbocycles. The van der Waals surface area contributed by atoms with E-state index in [4.69, 9.17) is 4.74 Å². The molecule has 10 heteroatoms. The number of anilines is 1. The first-order valence-electron chi connectivity index (χ1n) is 8.12. The zero-order chi connectivity index (χ0) is 20.7. The summed E-state index contributed by atoms with van der Waals surface area (Å²) in [5, 5.41) is 18.1. The molecule has 0 spiro atoms. The zero-order valence-corrected chi connectivity index (χ0v) is 15.1. The van der Waals surface area contributed by atoms with Crippen LogP contribution in [0.5, 0.6) is 0 Å². The molecule has 146 valence electrons. The smallest absolute Gasteiger partial charge is 0.339 e. The molecule has 10 nitrogen and oxygen atoms in total. The van der Waals surface area contributed by atoms with Gasteiger partial charge in [-0.25, -0.2) is 9.59 Å². The van der Waals surface area contributed by atoms with Gasteiger partial charge in [0.2, 0.25) is 6.10 Å². The minimum absolute atomic E-state index is 0.112.